The van der Waals surface area contributed by atoms with Gasteiger partial charge in [-0.05, 0) is 44.6 Å². The highest BCUT2D eigenvalue weighted by atomic mass is 35.5. The van der Waals surface area contributed by atoms with Crippen molar-refractivity contribution in [3.8, 4) is 5.75 Å². The molecule has 0 atom stereocenters. The Kier molecular flexibility index (Phi) is 10.6. The van der Waals surface area contributed by atoms with E-state index in [2.05, 4.69) is 18.7 Å². The van der Waals surface area contributed by atoms with Crippen molar-refractivity contribution in [2.45, 2.75) is 27.2 Å². The Balaban J connectivity index is 0.00000441. The molecule has 0 aliphatic heterocycles. The van der Waals surface area contributed by atoms with Crippen molar-refractivity contribution in [1.29, 1.82) is 0 Å². The number of esters is 1. The predicted molar refractivity (Wildman–Crippen MR) is 87.5 cm³/mol. The summed E-state index contributed by atoms with van der Waals surface area (Å²) >= 11 is 0. The smallest absolute Gasteiger partial charge is 0.338 e. The summed E-state index contributed by atoms with van der Waals surface area (Å²) < 4.78 is 23.9. The average Bonchev–Trinajstić information content (AvgIpc) is 2.49. The van der Waals surface area contributed by atoms with E-state index in [-0.39, 0.29) is 23.7 Å². The Labute approximate surface area is 138 Å². The summed E-state index contributed by atoms with van der Waals surface area (Å²) in [5.74, 6) is -0.901. The Morgan fingerprint density at radius 2 is 1.91 bits per heavy atom. The van der Waals surface area contributed by atoms with Gasteiger partial charge in [-0.15, -0.1) is 12.4 Å². The summed E-state index contributed by atoms with van der Waals surface area (Å²) in [7, 11) is 0. The maximum Gasteiger partial charge on any atom is 0.338 e. The summed E-state index contributed by atoms with van der Waals surface area (Å²) in [6.45, 7) is 9.53. The molecule has 1 aromatic rings. The predicted octanol–water partition coefficient (Wildman–Crippen LogP) is 3.53. The van der Waals surface area contributed by atoms with Gasteiger partial charge in [0.2, 0.25) is 0 Å². The first-order valence-electron chi connectivity index (χ1n) is 7.44. The molecule has 0 radical (unpaired) electrons. The fourth-order valence-corrected chi connectivity index (χ4v) is 1.98. The van der Waals surface area contributed by atoms with Gasteiger partial charge in [-0.25, -0.2) is 9.18 Å². The van der Waals surface area contributed by atoms with Crippen LogP contribution in [-0.4, -0.2) is 43.7 Å². The molecular weight excluding hydrogens is 309 g/mol. The fraction of sp³-hybridized carbons (Fsp3) is 0.562. The number of hydrogen-bond acceptors (Lipinski definition) is 4. The summed E-state index contributed by atoms with van der Waals surface area (Å²) in [4.78, 5) is 14.1. The number of carbonyl (C=O) groups excluding carboxylic acids is 1. The van der Waals surface area contributed by atoms with Crippen molar-refractivity contribution < 1.29 is 18.7 Å². The number of halogens is 2. The molecule has 1 aromatic carbocycles. The summed E-state index contributed by atoms with van der Waals surface area (Å²) in [5.41, 5.74) is 0.207. The highest BCUT2D eigenvalue weighted by Gasteiger charge is 2.11. The van der Waals surface area contributed by atoms with Gasteiger partial charge < -0.3 is 14.4 Å². The quantitative estimate of drug-likeness (QED) is 0.512. The summed E-state index contributed by atoms with van der Waals surface area (Å²) in [6, 6.07) is 4.11. The lowest BCUT2D eigenvalue weighted by Crippen LogP contribution is -2.25. The molecular formula is C16H25ClFNO3. The van der Waals surface area contributed by atoms with Gasteiger partial charge in [-0.1, -0.05) is 13.8 Å². The third-order valence-corrected chi connectivity index (χ3v) is 3.21. The molecule has 0 saturated carbocycles. The van der Waals surface area contributed by atoms with E-state index in [4.69, 9.17) is 9.47 Å². The standard InChI is InChI=1S/C16H24FNO3.ClH/c1-4-18(5-2)10-7-11-21-16(19)13-8-9-15(20-6-3)14(17)12-13;/h8-9,12H,4-7,10-11H2,1-3H3;1H. The molecule has 0 fully saturated rings. The highest BCUT2D eigenvalue weighted by Crippen LogP contribution is 2.18. The molecule has 22 heavy (non-hydrogen) atoms. The molecule has 0 bridgehead atoms. The van der Waals surface area contributed by atoms with Gasteiger partial charge in [0, 0.05) is 6.54 Å². The van der Waals surface area contributed by atoms with E-state index in [1.54, 1.807) is 6.92 Å². The highest BCUT2D eigenvalue weighted by molar-refractivity contribution is 5.89. The molecule has 0 aliphatic carbocycles. The summed E-state index contributed by atoms with van der Waals surface area (Å²) in [5, 5.41) is 0. The Morgan fingerprint density at radius 1 is 1.23 bits per heavy atom. The molecule has 0 aromatic heterocycles. The van der Waals surface area contributed by atoms with Crippen molar-refractivity contribution in [2.24, 2.45) is 0 Å². The van der Waals surface area contributed by atoms with Crippen LogP contribution in [0.1, 0.15) is 37.6 Å². The molecule has 126 valence electrons. The number of benzene rings is 1. The van der Waals surface area contributed by atoms with Crippen molar-refractivity contribution in [3.63, 3.8) is 0 Å². The van der Waals surface area contributed by atoms with Gasteiger partial charge in [0.25, 0.3) is 0 Å². The van der Waals surface area contributed by atoms with Crippen LogP contribution in [-0.2, 0) is 4.74 Å². The molecule has 0 spiro atoms. The first kappa shape index (κ1) is 20.7. The monoisotopic (exact) mass is 333 g/mol. The van der Waals surface area contributed by atoms with Crippen LogP contribution >= 0.6 is 12.4 Å². The molecule has 6 heteroatoms. The number of nitrogens with zero attached hydrogens (tertiary/aromatic N) is 1. The van der Waals surface area contributed by atoms with E-state index in [1.165, 1.54) is 12.1 Å². The Morgan fingerprint density at radius 3 is 2.45 bits per heavy atom. The molecule has 0 heterocycles. The number of ether oxygens (including phenoxy) is 2. The zero-order chi connectivity index (χ0) is 15.7. The number of carbonyl (C=O) groups is 1. The second-order valence-corrected chi connectivity index (χ2v) is 4.59. The lowest BCUT2D eigenvalue weighted by Gasteiger charge is -2.17. The van der Waals surface area contributed by atoms with Crippen molar-refractivity contribution >= 4 is 18.4 Å². The number of hydrogen-bond donors (Lipinski definition) is 0. The first-order valence-corrected chi connectivity index (χ1v) is 7.44. The van der Waals surface area contributed by atoms with Gasteiger partial charge in [0.1, 0.15) is 0 Å². The molecule has 4 nitrogen and oxygen atoms in total. The Bertz CT molecular complexity index is 453. The zero-order valence-corrected chi connectivity index (χ0v) is 14.2. The second-order valence-electron chi connectivity index (χ2n) is 4.59. The van der Waals surface area contributed by atoms with Gasteiger partial charge >= 0.3 is 5.97 Å². The minimum absolute atomic E-state index is 0. The average molecular weight is 334 g/mol. The van der Waals surface area contributed by atoms with Crippen LogP contribution in [0.25, 0.3) is 0 Å². The van der Waals surface area contributed by atoms with Gasteiger partial charge in [-0.3, -0.25) is 0 Å². The summed E-state index contributed by atoms with van der Waals surface area (Å²) in [6.07, 6.45) is 0.771. The molecule has 0 saturated heterocycles. The maximum absolute atomic E-state index is 13.6. The second kappa shape index (κ2) is 11.3. The first-order chi connectivity index (χ1) is 10.1. The molecule has 0 unspecified atom stereocenters. The van der Waals surface area contributed by atoms with Gasteiger partial charge in [-0.2, -0.15) is 0 Å². The minimum atomic E-state index is -0.547. The fourth-order valence-electron chi connectivity index (χ4n) is 1.98. The number of rotatable bonds is 9. The molecule has 0 N–H and O–H groups in total. The van der Waals surface area contributed by atoms with Crippen LogP contribution in [0.4, 0.5) is 4.39 Å². The van der Waals surface area contributed by atoms with E-state index in [1.807, 2.05) is 0 Å². The van der Waals surface area contributed by atoms with Crippen molar-refractivity contribution in [2.75, 3.05) is 32.8 Å². The lowest BCUT2D eigenvalue weighted by molar-refractivity contribution is 0.0489. The van der Waals surface area contributed by atoms with E-state index in [0.717, 1.165) is 32.1 Å². The third-order valence-electron chi connectivity index (χ3n) is 3.21. The van der Waals surface area contributed by atoms with Gasteiger partial charge in [0.15, 0.2) is 11.6 Å². The minimum Gasteiger partial charge on any atom is -0.491 e. The lowest BCUT2D eigenvalue weighted by atomic mass is 10.2. The van der Waals surface area contributed by atoms with Crippen LogP contribution in [0.15, 0.2) is 18.2 Å². The SMILES string of the molecule is CCOc1ccc(C(=O)OCCCN(CC)CC)cc1F.Cl. The molecule has 1 rings (SSSR count). The van der Waals surface area contributed by atoms with E-state index >= 15 is 0 Å². The van der Waals surface area contributed by atoms with Crippen LogP contribution in [0.3, 0.4) is 0 Å². The topological polar surface area (TPSA) is 38.8 Å². The maximum atomic E-state index is 13.6. The van der Waals surface area contributed by atoms with Crippen LogP contribution in [0.2, 0.25) is 0 Å². The van der Waals surface area contributed by atoms with Crippen molar-refractivity contribution in [3.05, 3.63) is 29.6 Å². The van der Waals surface area contributed by atoms with Crippen LogP contribution < -0.4 is 4.74 Å². The van der Waals surface area contributed by atoms with E-state index in [9.17, 15) is 9.18 Å². The normalized spacial score (nSPS) is 10.2. The van der Waals surface area contributed by atoms with E-state index in [0.29, 0.717) is 13.2 Å². The largest absolute Gasteiger partial charge is 0.491 e. The van der Waals surface area contributed by atoms with Crippen LogP contribution in [0.5, 0.6) is 5.75 Å². The van der Waals surface area contributed by atoms with Crippen LogP contribution in [0, 0.1) is 5.82 Å². The molecule has 0 amide bonds. The van der Waals surface area contributed by atoms with E-state index < -0.39 is 11.8 Å². The van der Waals surface area contributed by atoms with Gasteiger partial charge in [0.05, 0.1) is 18.8 Å². The third kappa shape index (κ3) is 6.62. The zero-order valence-electron chi connectivity index (χ0n) is 13.4. The molecule has 0 aliphatic rings. The Hall–Kier alpha value is -1.33. The van der Waals surface area contributed by atoms with Crippen molar-refractivity contribution in [1.82, 2.24) is 4.90 Å².